The van der Waals surface area contributed by atoms with Gasteiger partial charge < -0.3 is 5.32 Å². The van der Waals surface area contributed by atoms with Gasteiger partial charge in [-0.2, -0.15) is 0 Å². The van der Waals surface area contributed by atoms with Crippen LogP contribution in [0.4, 0.5) is 4.39 Å². The summed E-state index contributed by atoms with van der Waals surface area (Å²) in [5.74, 6) is -0.192. The van der Waals surface area contributed by atoms with Crippen molar-refractivity contribution in [2.75, 3.05) is 0 Å². The maximum atomic E-state index is 12.8. The van der Waals surface area contributed by atoms with Gasteiger partial charge in [0.1, 0.15) is 10.4 Å². The number of rotatable bonds is 5. The van der Waals surface area contributed by atoms with E-state index < -0.39 is 0 Å². The Morgan fingerprint density at radius 1 is 1.21 bits per heavy atom. The number of hydrogen-bond acceptors (Lipinski definition) is 2. The maximum Gasteiger partial charge on any atom is 0.123 e. The minimum atomic E-state index is -0.192. The summed E-state index contributed by atoms with van der Waals surface area (Å²) >= 11 is 3.36. The van der Waals surface area contributed by atoms with Crippen molar-refractivity contribution in [2.45, 2.75) is 25.9 Å². The molecule has 2 rings (SSSR count). The predicted molar refractivity (Wildman–Crippen MR) is 78.3 cm³/mol. The van der Waals surface area contributed by atoms with E-state index in [0.29, 0.717) is 6.04 Å². The molecule has 0 amide bonds. The number of pyridine rings is 1. The van der Waals surface area contributed by atoms with E-state index in [1.165, 1.54) is 12.1 Å². The summed E-state index contributed by atoms with van der Waals surface area (Å²) in [6.45, 7) is 2.84. The normalized spacial score (nSPS) is 12.4. The van der Waals surface area contributed by atoms with Gasteiger partial charge in [-0.1, -0.05) is 18.2 Å². The Labute approximate surface area is 121 Å². The van der Waals surface area contributed by atoms with Crippen molar-refractivity contribution in [2.24, 2.45) is 0 Å². The monoisotopic (exact) mass is 322 g/mol. The van der Waals surface area contributed by atoms with Crippen molar-refractivity contribution in [1.82, 2.24) is 10.3 Å². The van der Waals surface area contributed by atoms with E-state index in [-0.39, 0.29) is 5.82 Å². The van der Waals surface area contributed by atoms with Crippen LogP contribution >= 0.6 is 15.9 Å². The number of nitrogens with one attached hydrogen (secondary N) is 1. The zero-order valence-electron chi connectivity index (χ0n) is 10.7. The molecule has 0 radical (unpaired) electrons. The molecule has 2 aromatic rings. The Hall–Kier alpha value is -1.26. The van der Waals surface area contributed by atoms with Crippen LogP contribution in [0.2, 0.25) is 0 Å². The Bertz CT molecular complexity index is 528. The second-order valence-corrected chi connectivity index (χ2v) is 5.38. The van der Waals surface area contributed by atoms with Crippen LogP contribution in [-0.2, 0) is 13.0 Å². The van der Waals surface area contributed by atoms with Gasteiger partial charge in [0, 0.05) is 12.6 Å². The minimum absolute atomic E-state index is 0.192. The lowest BCUT2D eigenvalue weighted by molar-refractivity contribution is 0.539. The van der Waals surface area contributed by atoms with E-state index in [9.17, 15) is 4.39 Å². The molecule has 0 aliphatic carbocycles. The SMILES string of the molecule is CC(Cc1ccc(F)cc1)NCc1cccc(Br)n1. The molecule has 0 saturated carbocycles. The second kappa shape index (κ2) is 6.78. The molecule has 1 heterocycles. The summed E-state index contributed by atoms with van der Waals surface area (Å²) < 4.78 is 13.6. The smallest absolute Gasteiger partial charge is 0.123 e. The molecular weight excluding hydrogens is 307 g/mol. The van der Waals surface area contributed by atoms with Gasteiger partial charge in [-0.15, -0.1) is 0 Å². The summed E-state index contributed by atoms with van der Waals surface area (Å²) in [4.78, 5) is 4.37. The lowest BCUT2D eigenvalue weighted by Crippen LogP contribution is -2.27. The fraction of sp³-hybridized carbons (Fsp3) is 0.267. The van der Waals surface area contributed by atoms with Crippen LogP contribution in [0.25, 0.3) is 0 Å². The Morgan fingerprint density at radius 2 is 1.95 bits per heavy atom. The van der Waals surface area contributed by atoms with E-state index in [1.54, 1.807) is 0 Å². The fourth-order valence-electron chi connectivity index (χ4n) is 1.87. The predicted octanol–water partition coefficient (Wildman–Crippen LogP) is 3.70. The maximum absolute atomic E-state index is 12.8. The number of aromatic nitrogens is 1. The summed E-state index contributed by atoms with van der Waals surface area (Å²) in [5, 5.41) is 3.41. The number of hydrogen-bond donors (Lipinski definition) is 1. The molecule has 100 valence electrons. The minimum Gasteiger partial charge on any atom is -0.308 e. The Kier molecular flexibility index (Phi) is 5.05. The molecule has 19 heavy (non-hydrogen) atoms. The van der Waals surface area contributed by atoms with Crippen LogP contribution in [0.1, 0.15) is 18.2 Å². The highest BCUT2D eigenvalue weighted by Gasteiger charge is 2.04. The van der Waals surface area contributed by atoms with Gasteiger partial charge >= 0.3 is 0 Å². The first-order valence-corrected chi connectivity index (χ1v) is 7.02. The second-order valence-electron chi connectivity index (χ2n) is 4.56. The third-order valence-corrected chi connectivity index (χ3v) is 3.30. The first kappa shape index (κ1) is 14.2. The number of nitrogens with zero attached hydrogens (tertiary/aromatic N) is 1. The molecule has 1 unspecified atom stereocenters. The van der Waals surface area contributed by atoms with E-state index in [0.717, 1.165) is 28.8 Å². The highest BCUT2D eigenvalue weighted by molar-refractivity contribution is 9.10. The van der Waals surface area contributed by atoms with Gasteiger partial charge in [0.05, 0.1) is 5.69 Å². The first-order chi connectivity index (χ1) is 9.13. The zero-order chi connectivity index (χ0) is 13.7. The fourth-order valence-corrected chi connectivity index (χ4v) is 2.25. The summed E-state index contributed by atoms with van der Waals surface area (Å²) in [5.41, 5.74) is 2.13. The van der Waals surface area contributed by atoms with Crippen molar-refractivity contribution in [3.8, 4) is 0 Å². The Morgan fingerprint density at radius 3 is 2.63 bits per heavy atom. The molecule has 0 spiro atoms. The van der Waals surface area contributed by atoms with E-state index >= 15 is 0 Å². The molecule has 1 aromatic carbocycles. The molecule has 1 N–H and O–H groups in total. The van der Waals surface area contributed by atoms with Crippen LogP contribution in [0, 0.1) is 5.82 Å². The van der Waals surface area contributed by atoms with Crippen molar-refractivity contribution >= 4 is 15.9 Å². The van der Waals surface area contributed by atoms with Crippen LogP contribution in [0.3, 0.4) is 0 Å². The summed E-state index contributed by atoms with van der Waals surface area (Å²) in [6.07, 6.45) is 0.869. The lowest BCUT2D eigenvalue weighted by atomic mass is 10.1. The van der Waals surface area contributed by atoms with Crippen LogP contribution < -0.4 is 5.32 Å². The molecule has 2 nitrogen and oxygen atoms in total. The van der Waals surface area contributed by atoms with Crippen molar-refractivity contribution < 1.29 is 4.39 Å². The third kappa shape index (κ3) is 4.73. The zero-order valence-corrected chi connectivity index (χ0v) is 12.3. The van der Waals surface area contributed by atoms with Gasteiger partial charge in [0.15, 0.2) is 0 Å². The van der Waals surface area contributed by atoms with Crippen LogP contribution in [0.15, 0.2) is 47.1 Å². The molecule has 0 aliphatic heterocycles. The summed E-state index contributed by atoms with van der Waals surface area (Å²) in [7, 11) is 0. The van der Waals surface area contributed by atoms with Crippen molar-refractivity contribution in [3.05, 3.63) is 64.1 Å². The Balaban J connectivity index is 1.84. The molecular formula is C15H16BrFN2. The lowest BCUT2D eigenvalue weighted by Gasteiger charge is -2.13. The number of benzene rings is 1. The largest absolute Gasteiger partial charge is 0.308 e. The van der Waals surface area contributed by atoms with Gasteiger partial charge in [-0.25, -0.2) is 9.37 Å². The van der Waals surface area contributed by atoms with Crippen molar-refractivity contribution in [1.29, 1.82) is 0 Å². The standard InChI is InChI=1S/C15H16BrFN2/c1-11(9-12-5-7-13(17)8-6-12)18-10-14-3-2-4-15(16)19-14/h2-8,11,18H,9-10H2,1H3. The molecule has 1 atom stereocenters. The quantitative estimate of drug-likeness (QED) is 0.849. The van der Waals surface area contributed by atoms with Crippen LogP contribution in [-0.4, -0.2) is 11.0 Å². The average molecular weight is 323 g/mol. The molecule has 0 fully saturated rings. The molecule has 0 bridgehead atoms. The van der Waals surface area contributed by atoms with Gasteiger partial charge in [-0.3, -0.25) is 0 Å². The van der Waals surface area contributed by atoms with Gasteiger partial charge in [0.2, 0.25) is 0 Å². The molecule has 0 saturated heterocycles. The molecule has 0 aliphatic rings. The van der Waals surface area contributed by atoms with Crippen LogP contribution in [0.5, 0.6) is 0 Å². The average Bonchev–Trinajstić information content (AvgIpc) is 2.39. The van der Waals surface area contributed by atoms with Gasteiger partial charge in [-0.05, 0) is 59.1 Å². The molecule has 1 aromatic heterocycles. The van der Waals surface area contributed by atoms with Crippen molar-refractivity contribution in [3.63, 3.8) is 0 Å². The summed E-state index contributed by atoms with van der Waals surface area (Å²) in [6, 6.07) is 12.8. The van der Waals surface area contributed by atoms with E-state index in [1.807, 2.05) is 30.3 Å². The molecule has 4 heteroatoms. The number of halogens is 2. The van der Waals surface area contributed by atoms with Gasteiger partial charge in [0.25, 0.3) is 0 Å². The van der Waals surface area contributed by atoms with E-state index in [2.05, 4.69) is 33.2 Å². The topological polar surface area (TPSA) is 24.9 Å². The highest BCUT2D eigenvalue weighted by Crippen LogP contribution is 2.08. The highest BCUT2D eigenvalue weighted by atomic mass is 79.9. The first-order valence-electron chi connectivity index (χ1n) is 6.23. The third-order valence-electron chi connectivity index (χ3n) is 2.86. The van der Waals surface area contributed by atoms with E-state index in [4.69, 9.17) is 0 Å².